The van der Waals surface area contributed by atoms with Crippen LogP contribution in [0.3, 0.4) is 0 Å². The summed E-state index contributed by atoms with van der Waals surface area (Å²) >= 11 is 0. The first-order valence-corrected chi connectivity index (χ1v) is 5.69. The highest BCUT2D eigenvalue weighted by Gasteiger charge is 2.15. The highest BCUT2D eigenvalue weighted by molar-refractivity contribution is 5.82. The number of anilines is 2. The number of nitrogens with zero attached hydrogens (tertiary/aromatic N) is 2. The van der Waals surface area contributed by atoms with Crippen molar-refractivity contribution < 1.29 is 4.79 Å². The molecule has 6 nitrogen and oxygen atoms in total. The fourth-order valence-electron chi connectivity index (χ4n) is 1.76. The number of amides is 1. The summed E-state index contributed by atoms with van der Waals surface area (Å²) in [6, 6.07) is 1.76. The summed E-state index contributed by atoms with van der Waals surface area (Å²) in [4.78, 5) is 17.6. The molecule has 1 aliphatic rings. The zero-order valence-corrected chi connectivity index (χ0v) is 9.65. The lowest BCUT2D eigenvalue weighted by atomic mass is 10.3. The van der Waals surface area contributed by atoms with Crippen molar-refractivity contribution in [1.29, 1.82) is 0 Å². The number of hydrogen-bond donors (Lipinski definition) is 3. The van der Waals surface area contributed by atoms with Gasteiger partial charge in [-0.15, -0.1) is 0 Å². The molecule has 0 atom stereocenters. The highest BCUT2D eigenvalue weighted by atomic mass is 16.2. The van der Waals surface area contributed by atoms with E-state index in [4.69, 9.17) is 5.73 Å². The van der Waals surface area contributed by atoms with Gasteiger partial charge in [0.1, 0.15) is 0 Å². The Kier molecular flexibility index (Phi) is 3.77. The van der Waals surface area contributed by atoms with E-state index in [1.165, 1.54) is 0 Å². The molecule has 0 aromatic carbocycles. The molecule has 0 unspecified atom stereocenters. The molecule has 0 saturated carbocycles. The van der Waals surface area contributed by atoms with Crippen LogP contribution in [0.25, 0.3) is 0 Å². The topological polar surface area (TPSA) is 83.3 Å². The van der Waals surface area contributed by atoms with Crippen molar-refractivity contribution >= 4 is 17.3 Å². The fourth-order valence-corrected chi connectivity index (χ4v) is 1.76. The van der Waals surface area contributed by atoms with Crippen molar-refractivity contribution in [2.24, 2.45) is 0 Å². The van der Waals surface area contributed by atoms with E-state index in [0.717, 1.165) is 31.9 Å². The van der Waals surface area contributed by atoms with Crippen molar-refractivity contribution in [1.82, 2.24) is 15.2 Å². The zero-order chi connectivity index (χ0) is 12.1. The third kappa shape index (κ3) is 3.07. The Hall–Kier alpha value is -1.82. The van der Waals surface area contributed by atoms with Gasteiger partial charge in [0.2, 0.25) is 5.91 Å². The molecule has 0 radical (unpaired) electrons. The van der Waals surface area contributed by atoms with Crippen LogP contribution in [0.15, 0.2) is 18.5 Å². The Labute approximate surface area is 100 Å². The predicted molar refractivity (Wildman–Crippen MR) is 66.6 cm³/mol. The van der Waals surface area contributed by atoms with Crippen LogP contribution < -0.4 is 16.4 Å². The summed E-state index contributed by atoms with van der Waals surface area (Å²) in [6.07, 6.45) is 3.21. The number of rotatable bonds is 3. The van der Waals surface area contributed by atoms with Crippen LogP contribution in [0, 0.1) is 0 Å². The second-order valence-electron chi connectivity index (χ2n) is 3.95. The standard InChI is InChI=1S/C11H17N5O/c12-9-7-14-2-1-10(9)15-8-11(17)16-5-3-13-4-6-16/h1-2,7,13H,3-6,8,12H2,(H,14,15). The molecule has 4 N–H and O–H groups in total. The van der Waals surface area contributed by atoms with Gasteiger partial charge in [0, 0.05) is 32.4 Å². The van der Waals surface area contributed by atoms with E-state index in [1.807, 2.05) is 4.90 Å². The Bertz CT molecular complexity index is 389. The number of nitrogens with one attached hydrogen (secondary N) is 2. The molecule has 1 fully saturated rings. The number of nitrogens with two attached hydrogens (primary N) is 1. The minimum atomic E-state index is 0.0997. The predicted octanol–water partition coefficient (Wildman–Crippen LogP) is -0.492. The first kappa shape index (κ1) is 11.7. The van der Waals surface area contributed by atoms with Crippen LogP contribution in [0.2, 0.25) is 0 Å². The minimum Gasteiger partial charge on any atom is -0.396 e. The molecule has 17 heavy (non-hydrogen) atoms. The van der Waals surface area contributed by atoms with Crippen LogP contribution in [0.4, 0.5) is 11.4 Å². The number of pyridine rings is 1. The maximum Gasteiger partial charge on any atom is 0.241 e. The minimum absolute atomic E-state index is 0.0997. The molecule has 0 aliphatic carbocycles. The van der Waals surface area contributed by atoms with Crippen molar-refractivity contribution in [2.45, 2.75) is 0 Å². The Balaban J connectivity index is 1.85. The molecule has 1 aliphatic heterocycles. The maximum absolute atomic E-state index is 11.9. The SMILES string of the molecule is Nc1cnccc1NCC(=O)N1CCNCC1. The highest BCUT2D eigenvalue weighted by Crippen LogP contribution is 2.14. The summed E-state index contributed by atoms with van der Waals surface area (Å²) in [6.45, 7) is 3.54. The van der Waals surface area contributed by atoms with Gasteiger partial charge in [0.05, 0.1) is 24.1 Å². The molecule has 2 heterocycles. The molecular formula is C11H17N5O. The third-order valence-corrected chi connectivity index (χ3v) is 2.75. The van der Waals surface area contributed by atoms with Crippen molar-refractivity contribution in [2.75, 3.05) is 43.8 Å². The van der Waals surface area contributed by atoms with Gasteiger partial charge < -0.3 is 21.3 Å². The molecule has 1 amide bonds. The monoisotopic (exact) mass is 235 g/mol. The lowest BCUT2D eigenvalue weighted by Crippen LogP contribution is -2.48. The van der Waals surface area contributed by atoms with Gasteiger partial charge in [-0.2, -0.15) is 0 Å². The molecule has 1 saturated heterocycles. The van der Waals surface area contributed by atoms with Gasteiger partial charge in [0.15, 0.2) is 0 Å². The maximum atomic E-state index is 11.9. The van der Waals surface area contributed by atoms with E-state index in [2.05, 4.69) is 15.6 Å². The number of carbonyl (C=O) groups is 1. The summed E-state index contributed by atoms with van der Waals surface area (Å²) in [5.41, 5.74) is 7.03. The second kappa shape index (κ2) is 5.49. The summed E-state index contributed by atoms with van der Waals surface area (Å²) in [7, 11) is 0. The number of nitrogen functional groups attached to an aromatic ring is 1. The quantitative estimate of drug-likeness (QED) is 0.658. The molecular weight excluding hydrogens is 218 g/mol. The lowest BCUT2D eigenvalue weighted by Gasteiger charge is -2.27. The number of carbonyl (C=O) groups excluding carboxylic acids is 1. The van der Waals surface area contributed by atoms with Crippen LogP contribution in [-0.4, -0.2) is 48.5 Å². The van der Waals surface area contributed by atoms with Gasteiger partial charge >= 0.3 is 0 Å². The largest absolute Gasteiger partial charge is 0.396 e. The lowest BCUT2D eigenvalue weighted by molar-refractivity contribution is -0.129. The molecule has 1 aromatic heterocycles. The summed E-state index contributed by atoms with van der Waals surface area (Å²) in [5, 5.41) is 6.24. The second-order valence-corrected chi connectivity index (χ2v) is 3.95. The Morgan fingerprint density at radius 3 is 3.00 bits per heavy atom. The molecule has 0 spiro atoms. The molecule has 1 aromatic rings. The van der Waals surface area contributed by atoms with E-state index < -0.39 is 0 Å². The van der Waals surface area contributed by atoms with Gasteiger partial charge in [-0.3, -0.25) is 9.78 Å². The van der Waals surface area contributed by atoms with E-state index >= 15 is 0 Å². The average Bonchev–Trinajstić information content (AvgIpc) is 2.38. The molecule has 2 rings (SSSR count). The smallest absolute Gasteiger partial charge is 0.241 e. The third-order valence-electron chi connectivity index (χ3n) is 2.75. The zero-order valence-electron chi connectivity index (χ0n) is 9.65. The van der Waals surface area contributed by atoms with Crippen LogP contribution in [-0.2, 0) is 4.79 Å². The molecule has 6 heteroatoms. The Morgan fingerprint density at radius 2 is 2.29 bits per heavy atom. The fraction of sp³-hybridized carbons (Fsp3) is 0.455. The van der Waals surface area contributed by atoms with Crippen LogP contribution >= 0.6 is 0 Å². The normalized spacial score (nSPS) is 15.6. The summed E-state index contributed by atoms with van der Waals surface area (Å²) < 4.78 is 0. The van der Waals surface area contributed by atoms with Crippen molar-refractivity contribution in [3.63, 3.8) is 0 Å². The van der Waals surface area contributed by atoms with Gasteiger partial charge in [-0.25, -0.2) is 0 Å². The molecule has 0 bridgehead atoms. The molecule has 92 valence electrons. The first-order valence-electron chi connectivity index (χ1n) is 5.69. The summed E-state index contributed by atoms with van der Waals surface area (Å²) in [5.74, 6) is 0.0997. The van der Waals surface area contributed by atoms with E-state index in [0.29, 0.717) is 5.69 Å². The number of piperazine rings is 1. The van der Waals surface area contributed by atoms with Crippen LogP contribution in [0.5, 0.6) is 0 Å². The Morgan fingerprint density at radius 1 is 1.53 bits per heavy atom. The van der Waals surface area contributed by atoms with Gasteiger partial charge in [-0.1, -0.05) is 0 Å². The van der Waals surface area contributed by atoms with E-state index in [-0.39, 0.29) is 12.5 Å². The number of aromatic nitrogens is 1. The van der Waals surface area contributed by atoms with Crippen LogP contribution in [0.1, 0.15) is 0 Å². The van der Waals surface area contributed by atoms with Gasteiger partial charge in [0.25, 0.3) is 0 Å². The van der Waals surface area contributed by atoms with Crippen molar-refractivity contribution in [3.8, 4) is 0 Å². The van der Waals surface area contributed by atoms with E-state index in [1.54, 1.807) is 18.5 Å². The number of hydrogen-bond acceptors (Lipinski definition) is 5. The van der Waals surface area contributed by atoms with E-state index in [9.17, 15) is 4.79 Å². The van der Waals surface area contributed by atoms with Crippen molar-refractivity contribution in [3.05, 3.63) is 18.5 Å². The van der Waals surface area contributed by atoms with Gasteiger partial charge in [-0.05, 0) is 6.07 Å². The average molecular weight is 235 g/mol. The first-order chi connectivity index (χ1) is 8.27.